The van der Waals surface area contributed by atoms with Crippen molar-refractivity contribution in [1.29, 1.82) is 0 Å². The molecule has 0 aromatic carbocycles. The minimum absolute atomic E-state index is 0.286. The van der Waals surface area contributed by atoms with Gasteiger partial charge >= 0.3 is 0 Å². The van der Waals surface area contributed by atoms with Gasteiger partial charge in [-0.15, -0.1) is 0 Å². The van der Waals surface area contributed by atoms with Gasteiger partial charge in [0.05, 0.1) is 37.4 Å². The van der Waals surface area contributed by atoms with Crippen molar-refractivity contribution in [2.45, 2.75) is 13.0 Å². The summed E-state index contributed by atoms with van der Waals surface area (Å²) in [6.45, 7) is 3.10. The van der Waals surface area contributed by atoms with E-state index in [1.807, 2.05) is 6.92 Å². The molecule has 2 heterocycles. The van der Waals surface area contributed by atoms with Gasteiger partial charge in [-0.3, -0.25) is 5.10 Å². The van der Waals surface area contributed by atoms with Gasteiger partial charge in [0.1, 0.15) is 0 Å². The molecular formula is C9H15N3O3S. The van der Waals surface area contributed by atoms with Crippen LogP contribution in [0, 0.1) is 6.92 Å². The molecule has 7 heteroatoms. The van der Waals surface area contributed by atoms with Gasteiger partial charge in [0, 0.05) is 6.54 Å². The predicted octanol–water partition coefficient (Wildman–Crippen LogP) is 0.0510. The van der Waals surface area contributed by atoms with Gasteiger partial charge in [-0.25, -0.2) is 8.42 Å². The topological polar surface area (TPSA) is 75.3 Å². The number of nitrogens with one attached hydrogen (secondary N) is 1. The lowest BCUT2D eigenvalue weighted by Crippen LogP contribution is -2.43. The molecule has 90 valence electrons. The van der Waals surface area contributed by atoms with Crippen LogP contribution >= 0.6 is 0 Å². The van der Waals surface area contributed by atoms with E-state index in [-0.39, 0.29) is 6.04 Å². The summed E-state index contributed by atoms with van der Waals surface area (Å²) < 4.78 is 30.1. The van der Waals surface area contributed by atoms with Crippen molar-refractivity contribution in [3.63, 3.8) is 0 Å². The summed E-state index contributed by atoms with van der Waals surface area (Å²) in [5.41, 5.74) is 1.76. The van der Waals surface area contributed by atoms with Crippen molar-refractivity contribution >= 4 is 10.0 Å². The van der Waals surface area contributed by atoms with E-state index in [4.69, 9.17) is 4.74 Å². The zero-order chi connectivity index (χ0) is 11.8. The molecule has 0 aliphatic carbocycles. The summed E-state index contributed by atoms with van der Waals surface area (Å²) in [6.07, 6.45) is 2.90. The van der Waals surface area contributed by atoms with Crippen molar-refractivity contribution in [1.82, 2.24) is 14.5 Å². The molecule has 1 fully saturated rings. The number of aryl methyl sites for hydroxylation is 1. The number of hydrogen-bond acceptors (Lipinski definition) is 4. The second kappa shape index (κ2) is 4.15. The van der Waals surface area contributed by atoms with E-state index in [0.717, 1.165) is 11.3 Å². The number of rotatable bonds is 2. The summed E-state index contributed by atoms with van der Waals surface area (Å²) in [5.74, 6) is 0. The van der Waals surface area contributed by atoms with Crippen LogP contribution in [-0.4, -0.2) is 48.9 Å². The number of aromatic amines is 1. The quantitative estimate of drug-likeness (QED) is 0.799. The van der Waals surface area contributed by atoms with Gasteiger partial charge in [0.25, 0.3) is 0 Å². The van der Waals surface area contributed by atoms with E-state index in [1.165, 1.54) is 10.6 Å². The summed E-state index contributed by atoms with van der Waals surface area (Å²) in [6, 6.07) is -0.286. The molecule has 1 aromatic heterocycles. The molecule has 1 N–H and O–H groups in total. The number of hydrogen-bond donors (Lipinski definition) is 1. The van der Waals surface area contributed by atoms with Crippen LogP contribution in [0.3, 0.4) is 0 Å². The lowest BCUT2D eigenvalue weighted by molar-refractivity contribution is 0.0307. The standard InChI is InChI=1S/C9H15N3O3S/c1-7-5-10-11-9(7)8-6-15-4-3-12(8)16(2,13)14/h5,8H,3-4,6H2,1-2H3,(H,10,11)/t8-/m1/s1. The Morgan fingerprint density at radius 3 is 2.94 bits per heavy atom. The normalized spacial score (nSPS) is 23.5. The molecule has 0 unspecified atom stereocenters. The molecular weight excluding hydrogens is 230 g/mol. The summed E-state index contributed by atoms with van der Waals surface area (Å²) in [5, 5.41) is 6.75. The number of ether oxygens (including phenoxy) is 1. The molecule has 1 atom stereocenters. The van der Waals surface area contributed by atoms with E-state index in [2.05, 4.69) is 10.2 Å². The molecule has 0 saturated carbocycles. The van der Waals surface area contributed by atoms with Crippen LogP contribution in [0.4, 0.5) is 0 Å². The highest BCUT2D eigenvalue weighted by atomic mass is 32.2. The van der Waals surface area contributed by atoms with Gasteiger partial charge in [-0.1, -0.05) is 0 Å². The Morgan fingerprint density at radius 1 is 1.62 bits per heavy atom. The summed E-state index contributed by atoms with van der Waals surface area (Å²) in [7, 11) is -3.21. The summed E-state index contributed by atoms with van der Waals surface area (Å²) >= 11 is 0. The lowest BCUT2D eigenvalue weighted by atomic mass is 10.1. The van der Waals surface area contributed by atoms with Crippen molar-refractivity contribution in [3.05, 3.63) is 17.5 Å². The largest absolute Gasteiger partial charge is 0.378 e. The Morgan fingerprint density at radius 2 is 2.38 bits per heavy atom. The average Bonchev–Trinajstić information content (AvgIpc) is 2.63. The number of sulfonamides is 1. The molecule has 2 rings (SSSR count). The van der Waals surface area contributed by atoms with Crippen molar-refractivity contribution in [2.75, 3.05) is 26.0 Å². The predicted molar refractivity (Wildman–Crippen MR) is 58.4 cm³/mol. The van der Waals surface area contributed by atoms with Crippen molar-refractivity contribution in [2.24, 2.45) is 0 Å². The molecule has 6 nitrogen and oxygen atoms in total. The van der Waals surface area contributed by atoms with E-state index in [1.54, 1.807) is 6.20 Å². The third-order valence-electron chi connectivity index (χ3n) is 2.71. The SMILES string of the molecule is Cc1cn[nH]c1[C@H]1COCCN1S(C)(=O)=O. The zero-order valence-electron chi connectivity index (χ0n) is 9.30. The number of nitrogens with zero attached hydrogens (tertiary/aromatic N) is 2. The molecule has 0 bridgehead atoms. The molecule has 0 spiro atoms. The Bertz CT molecular complexity index is 468. The van der Waals surface area contributed by atoms with Gasteiger partial charge in [-0.05, 0) is 12.5 Å². The fraction of sp³-hybridized carbons (Fsp3) is 0.667. The maximum absolute atomic E-state index is 11.6. The first kappa shape index (κ1) is 11.6. The summed E-state index contributed by atoms with van der Waals surface area (Å²) in [4.78, 5) is 0. The van der Waals surface area contributed by atoms with Gasteiger partial charge in [0.2, 0.25) is 10.0 Å². The Kier molecular flexibility index (Phi) is 3.00. The van der Waals surface area contributed by atoms with E-state index in [0.29, 0.717) is 19.8 Å². The highest BCUT2D eigenvalue weighted by Crippen LogP contribution is 2.26. The minimum atomic E-state index is -3.21. The molecule has 0 radical (unpaired) electrons. The number of aromatic nitrogens is 2. The Hall–Kier alpha value is -0.920. The van der Waals surface area contributed by atoms with Gasteiger partial charge < -0.3 is 4.74 Å². The maximum atomic E-state index is 11.6. The van der Waals surface area contributed by atoms with Crippen molar-refractivity contribution in [3.8, 4) is 0 Å². The molecule has 1 aromatic rings. The number of morpholine rings is 1. The molecule has 16 heavy (non-hydrogen) atoms. The second-order valence-electron chi connectivity index (χ2n) is 3.93. The average molecular weight is 245 g/mol. The monoisotopic (exact) mass is 245 g/mol. The fourth-order valence-corrected chi connectivity index (χ4v) is 2.94. The van der Waals surface area contributed by atoms with E-state index >= 15 is 0 Å². The van der Waals surface area contributed by atoms with Crippen LogP contribution in [0.15, 0.2) is 6.20 Å². The zero-order valence-corrected chi connectivity index (χ0v) is 10.1. The van der Waals surface area contributed by atoms with Crippen LogP contribution in [0.5, 0.6) is 0 Å². The Labute approximate surface area is 94.6 Å². The maximum Gasteiger partial charge on any atom is 0.211 e. The van der Waals surface area contributed by atoms with E-state index < -0.39 is 10.0 Å². The highest BCUT2D eigenvalue weighted by Gasteiger charge is 2.32. The smallest absolute Gasteiger partial charge is 0.211 e. The fourth-order valence-electron chi connectivity index (χ4n) is 1.91. The number of H-pyrrole nitrogens is 1. The van der Waals surface area contributed by atoms with Crippen LogP contribution in [0.2, 0.25) is 0 Å². The molecule has 1 saturated heterocycles. The highest BCUT2D eigenvalue weighted by molar-refractivity contribution is 7.88. The van der Waals surface area contributed by atoms with Crippen LogP contribution in [-0.2, 0) is 14.8 Å². The third-order valence-corrected chi connectivity index (χ3v) is 4.00. The van der Waals surface area contributed by atoms with Crippen LogP contribution < -0.4 is 0 Å². The molecule has 1 aliphatic rings. The van der Waals surface area contributed by atoms with Gasteiger partial charge in [-0.2, -0.15) is 9.40 Å². The first-order valence-electron chi connectivity index (χ1n) is 5.04. The first-order valence-corrected chi connectivity index (χ1v) is 6.89. The van der Waals surface area contributed by atoms with Gasteiger partial charge in [0.15, 0.2) is 0 Å². The first-order chi connectivity index (χ1) is 7.50. The lowest BCUT2D eigenvalue weighted by Gasteiger charge is -2.33. The Balaban J connectivity index is 2.34. The van der Waals surface area contributed by atoms with Crippen LogP contribution in [0.1, 0.15) is 17.3 Å². The second-order valence-corrected chi connectivity index (χ2v) is 5.87. The molecule has 0 amide bonds. The van der Waals surface area contributed by atoms with E-state index in [9.17, 15) is 8.42 Å². The van der Waals surface area contributed by atoms with Crippen molar-refractivity contribution < 1.29 is 13.2 Å². The molecule has 1 aliphatic heterocycles. The minimum Gasteiger partial charge on any atom is -0.378 e. The third kappa shape index (κ3) is 2.11. The van der Waals surface area contributed by atoms with Crippen LogP contribution in [0.25, 0.3) is 0 Å².